The van der Waals surface area contributed by atoms with Gasteiger partial charge in [0, 0.05) is 77.5 Å². The van der Waals surface area contributed by atoms with Crippen LogP contribution in [0.3, 0.4) is 0 Å². The summed E-state index contributed by atoms with van der Waals surface area (Å²) in [5.74, 6) is -13.8. The SMILES string of the molecule is CCN(C)c1cc2cc(OC)ccc2c(O[C@@H]2C[C@H]3C(=O)C[C@]4(C(=O)NS(=O)(=O)C5(CF)CC5)C[C@H]4/C=C\CC[C@@H](C)C[C@@H](C)[C@H](CC(=O)OC(C)(C)C(C)(F)F)C(=O)N3C2)n1.CCN(C)c1cc2cc(OC)ccc2c(O[C@@H]2C[C@H]3C(=O)C[C@]4(C(=O)NS(=O)(=O)C5(CF)CC5)C[C@H]4/C=C\CC[C@H](C)C[C@@H](C)[C@H](CC(=O)OC(C)(C)C(C)(F)F)C(=O)N3C2)n1. The molecule has 4 saturated carbocycles. The normalized spacial score (nSPS) is 28.5. The summed E-state index contributed by atoms with van der Waals surface area (Å²) in [6.45, 7) is 16.0. The van der Waals surface area contributed by atoms with E-state index in [0.717, 1.165) is 38.5 Å². The lowest BCUT2D eigenvalue weighted by atomic mass is 9.82. The van der Waals surface area contributed by atoms with Crippen LogP contribution in [-0.4, -0.2) is 208 Å². The van der Waals surface area contributed by atoms with Crippen molar-refractivity contribution in [2.24, 2.45) is 58.2 Å². The molecule has 2 aromatic heterocycles. The van der Waals surface area contributed by atoms with E-state index in [4.69, 9.17) is 38.4 Å². The molecule has 6 fully saturated rings. The number of esters is 2. The summed E-state index contributed by atoms with van der Waals surface area (Å²) >= 11 is 0. The molecule has 4 amide bonds. The van der Waals surface area contributed by atoms with E-state index in [1.165, 1.54) is 9.80 Å². The smallest absolute Gasteiger partial charge is 0.307 e. The van der Waals surface area contributed by atoms with Gasteiger partial charge in [0.25, 0.3) is 11.8 Å². The maximum atomic E-state index is 15.1. The number of sulfonamides is 2. The second-order valence-electron chi connectivity index (χ2n) is 37.5. The van der Waals surface area contributed by atoms with Crippen molar-refractivity contribution in [2.75, 3.05) is 77.6 Å². The number of ether oxygens (including phenoxy) is 6. The zero-order chi connectivity index (χ0) is 91.2. The Bertz CT molecular complexity index is 4690. The molecule has 8 aliphatic rings. The molecule has 34 heteroatoms. The Hall–Kier alpha value is -8.82. The maximum absolute atomic E-state index is 15.1. The number of carbonyl (C=O) groups excluding carboxylic acids is 8. The minimum absolute atomic E-state index is 0.0315. The molecule has 2 saturated heterocycles. The summed E-state index contributed by atoms with van der Waals surface area (Å²) in [7, 11) is -1.95. The van der Waals surface area contributed by atoms with E-state index >= 15 is 9.59 Å². The maximum Gasteiger partial charge on any atom is 0.307 e. The first-order valence-corrected chi connectivity index (χ1v) is 46.1. The molecule has 26 nitrogen and oxygen atoms in total. The van der Waals surface area contributed by atoms with Gasteiger partial charge in [0.15, 0.2) is 22.8 Å². The molecule has 4 aromatic rings. The molecule has 0 spiro atoms. The Labute approximate surface area is 723 Å². The number of hydrogen-bond donors (Lipinski definition) is 2. The molecule has 12 rings (SSSR count). The summed E-state index contributed by atoms with van der Waals surface area (Å²) in [4.78, 5) is 131. The van der Waals surface area contributed by atoms with Gasteiger partial charge in [-0.15, -0.1) is 0 Å². The van der Waals surface area contributed by atoms with Crippen LogP contribution in [0, 0.1) is 58.2 Å². The van der Waals surface area contributed by atoms with Gasteiger partial charge in [-0.05, 0) is 213 Å². The van der Waals surface area contributed by atoms with E-state index in [0.29, 0.717) is 99.4 Å². The molecule has 4 aliphatic carbocycles. The summed E-state index contributed by atoms with van der Waals surface area (Å²) in [6, 6.07) is 12.2. The molecule has 0 bridgehead atoms. The van der Waals surface area contributed by atoms with Gasteiger partial charge in [0.2, 0.25) is 55.4 Å². The Kier molecular flexibility index (Phi) is 28.5. The number of halogens is 6. The number of nitrogens with one attached hydrogen (secondary N) is 2. The summed E-state index contributed by atoms with van der Waals surface area (Å²) in [5.41, 5.74) is -7.30. The van der Waals surface area contributed by atoms with Crippen molar-refractivity contribution in [3.05, 3.63) is 72.8 Å². The number of hydrogen-bond acceptors (Lipinski definition) is 22. The van der Waals surface area contributed by atoms with Crippen LogP contribution >= 0.6 is 0 Å². The number of pyridine rings is 2. The third-order valence-corrected chi connectivity index (χ3v) is 31.7. The highest BCUT2D eigenvalue weighted by Crippen LogP contribution is 2.60. The fraction of sp³-hybridized carbons (Fsp3) is 0.667. The Morgan fingerprint density at radius 2 is 0.903 bits per heavy atom. The van der Waals surface area contributed by atoms with E-state index in [1.54, 1.807) is 38.5 Å². The van der Waals surface area contributed by atoms with E-state index in [-0.39, 0.29) is 88.1 Å². The van der Waals surface area contributed by atoms with Crippen LogP contribution in [-0.2, 0) is 67.9 Å². The van der Waals surface area contributed by atoms with E-state index in [1.807, 2.05) is 114 Å². The average Bonchev–Trinajstić information content (AvgIpc) is 1.56. The first kappa shape index (κ1) is 95.8. The van der Waals surface area contributed by atoms with Crippen LogP contribution in [0.15, 0.2) is 72.8 Å². The lowest BCUT2D eigenvalue weighted by Crippen LogP contribution is -2.49. The zero-order valence-electron chi connectivity index (χ0n) is 73.9. The predicted octanol–water partition coefficient (Wildman–Crippen LogP) is 13.9. The number of benzene rings is 2. The van der Waals surface area contributed by atoms with E-state index in [9.17, 15) is 71.9 Å². The summed E-state index contributed by atoms with van der Waals surface area (Å²) in [6.07, 6.45) is 7.93. The third-order valence-electron chi connectivity index (χ3n) is 27.5. The number of rotatable bonds is 26. The van der Waals surface area contributed by atoms with Crippen LogP contribution in [0.5, 0.6) is 23.3 Å². The molecule has 2 aromatic carbocycles. The van der Waals surface area contributed by atoms with Crippen molar-refractivity contribution in [1.82, 2.24) is 29.2 Å². The highest BCUT2D eigenvalue weighted by molar-refractivity contribution is 7.92. The van der Waals surface area contributed by atoms with Crippen molar-refractivity contribution >= 4 is 100 Å². The zero-order valence-corrected chi connectivity index (χ0v) is 75.6. The van der Waals surface area contributed by atoms with Crippen molar-refractivity contribution in [2.45, 2.75) is 255 Å². The Balaban J connectivity index is 0.000000241. The molecule has 0 radical (unpaired) electrons. The second kappa shape index (κ2) is 36.9. The van der Waals surface area contributed by atoms with Crippen molar-refractivity contribution < 1.29 is 110 Å². The van der Waals surface area contributed by atoms with E-state index < -0.39 is 209 Å². The van der Waals surface area contributed by atoms with Crippen LogP contribution in [0.25, 0.3) is 21.5 Å². The molecule has 14 atom stereocenters. The number of ketones is 2. The molecule has 0 unspecified atom stereocenters. The molecular formula is C90H122F6N8O18S2. The minimum atomic E-state index is -4.40. The van der Waals surface area contributed by atoms with Gasteiger partial charge < -0.3 is 48.0 Å². The molecule has 684 valence electrons. The lowest BCUT2D eigenvalue weighted by Gasteiger charge is -2.34. The fourth-order valence-corrected chi connectivity index (χ4v) is 20.4. The topological polar surface area (TPSA) is 323 Å². The Morgan fingerprint density at radius 1 is 0.548 bits per heavy atom. The highest BCUT2D eigenvalue weighted by atomic mass is 32.2. The minimum Gasteiger partial charge on any atom is -0.497 e. The molecule has 4 aliphatic heterocycles. The number of amides is 4. The fourth-order valence-electron chi connectivity index (χ4n) is 17.5. The Morgan fingerprint density at radius 3 is 1.22 bits per heavy atom. The average molecular weight is 1780 g/mol. The van der Waals surface area contributed by atoms with Gasteiger partial charge in [0.1, 0.15) is 58.2 Å². The van der Waals surface area contributed by atoms with Crippen LogP contribution in [0.1, 0.15) is 199 Å². The first-order valence-electron chi connectivity index (χ1n) is 43.2. The number of alkyl halides is 6. The number of Topliss-reactive ketones (excluding diaryl/α,β-unsaturated/α-hetero) is 2. The molecule has 2 N–H and O–H groups in total. The monoisotopic (exact) mass is 1780 g/mol. The summed E-state index contributed by atoms with van der Waals surface area (Å²) < 4.78 is 175. The van der Waals surface area contributed by atoms with Gasteiger partial charge in [-0.1, -0.05) is 52.0 Å². The summed E-state index contributed by atoms with van der Waals surface area (Å²) in [5, 5.41) is 2.82. The molecular weight excluding hydrogens is 1660 g/mol. The molecule has 6 heterocycles. The number of nitrogens with zero attached hydrogens (tertiary/aromatic N) is 6. The molecule has 124 heavy (non-hydrogen) atoms. The number of anilines is 2. The largest absolute Gasteiger partial charge is 0.497 e. The van der Waals surface area contributed by atoms with Gasteiger partial charge in [-0.25, -0.2) is 43.2 Å². The van der Waals surface area contributed by atoms with E-state index in [2.05, 4.69) is 9.44 Å². The van der Waals surface area contributed by atoms with Crippen LogP contribution in [0.4, 0.5) is 38.0 Å². The van der Waals surface area contributed by atoms with Crippen LogP contribution in [0.2, 0.25) is 0 Å². The van der Waals surface area contributed by atoms with Crippen LogP contribution < -0.4 is 38.2 Å². The van der Waals surface area contributed by atoms with Crippen molar-refractivity contribution in [3.63, 3.8) is 0 Å². The van der Waals surface area contributed by atoms with Crippen molar-refractivity contribution in [1.29, 1.82) is 0 Å². The first-order chi connectivity index (χ1) is 58.0. The second-order valence-corrected chi connectivity index (χ2v) is 41.6. The lowest BCUT2D eigenvalue weighted by molar-refractivity contribution is -0.197. The number of fused-ring (bicyclic) bond motifs is 6. The predicted molar refractivity (Wildman–Crippen MR) is 454 cm³/mol. The van der Waals surface area contributed by atoms with Crippen molar-refractivity contribution in [3.8, 4) is 23.3 Å². The number of carbonyl (C=O) groups is 8. The number of allylic oxidation sites excluding steroid dienone is 4. The van der Waals surface area contributed by atoms with Gasteiger partial charge >= 0.3 is 11.9 Å². The highest BCUT2D eigenvalue weighted by Gasteiger charge is 2.66. The third kappa shape index (κ3) is 20.6. The number of aromatic nitrogens is 2. The standard InChI is InChI=1S/2C45H61F3N4O9S/c2*1-9-51(7)37-20-29-19-31(59-8)14-15-33(29)39(49-37)60-32-21-35-36(53)24-45(41(56)50-62(57,58)44(26-46)16-17-44)23-30(45)13-11-10-12-27(2)18-28(3)34(40(55)52(35)25-32)22-38(54)61-42(4,5)43(6,47)48/h2*11,13-15,19-20,27-28,30,32,34-35H,9-10,12,16-18,21-26H2,1-8H3,(H,50,56)/b2*13-11-/t27-,28+,30+,32+,34-,35-,45+;27-,28-,30-,32-,34+,35+,45-/m01/s1. The quantitative estimate of drug-likeness (QED) is 0.0335. The number of methoxy groups -OCH3 is 2. The van der Waals surface area contributed by atoms with Gasteiger partial charge in [0.05, 0.1) is 74.9 Å². The van der Waals surface area contributed by atoms with Gasteiger partial charge in [-0.2, -0.15) is 9.97 Å². The van der Waals surface area contributed by atoms with Gasteiger partial charge in [-0.3, -0.25) is 47.8 Å².